The van der Waals surface area contributed by atoms with E-state index in [2.05, 4.69) is 10.1 Å². The molecule has 0 unspecified atom stereocenters. The van der Waals surface area contributed by atoms with Gasteiger partial charge in [-0.05, 0) is 79.1 Å². The van der Waals surface area contributed by atoms with E-state index in [-0.39, 0.29) is 50.5 Å². The molecule has 0 aliphatic carbocycles. The number of rotatable bonds is 8. The van der Waals surface area contributed by atoms with E-state index in [1.54, 1.807) is 39.8 Å². The number of likely N-dealkylation sites (N-methyl/N-ethyl adjacent to an activating group) is 1. The molecule has 1 aromatic heterocycles. The first-order valence-corrected chi connectivity index (χ1v) is 20.5. The van der Waals surface area contributed by atoms with Gasteiger partial charge in [0.1, 0.15) is 29.4 Å². The number of primary amides is 1. The molecule has 13 atom stereocenters. The van der Waals surface area contributed by atoms with Gasteiger partial charge in [0.05, 0.1) is 42.0 Å². The highest BCUT2D eigenvalue weighted by Crippen LogP contribution is 2.40. The molecule has 3 aliphatic heterocycles. The number of ether oxygens (including phenoxy) is 5. The van der Waals surface area contributed by atoms with E-state index in [0.29, 0.717) is 21.9 Å². The number of fused-ring (bicyclic) bond motifs is 5. The van der Waals surface area contributed by atoms with Gasteiger partial charge in [0.2, 0.25) is 5.91 Å². The predicted octanol–water partition coefficient (Wildman–Crippen LogP) is 3.28. The molecule has 17 heteroatoms. The molecule has 2 bridgehead atoms. The molecular weight excluding hydrogens is 761 g/mol. The summed E-state index contributed by atoms with van der Waals surface area (Å²) < 4.78 is 32.2. The van der Waals surface area contributed by atoms with Crippen LogP contribution in [-0.2, 0) is 49.5 Å². The van der Waals surface area contributed by atoms with E-state index in [4.69, 9.17) is 34.3 Å². The predicted molar refractivity (Wildman–Crippen MR) is 212 cm³/mol. The fourth-order valence-corrected chi connectivity index (χ4v) is 9.15. The van der Waals surface area contributed by atoms with Crippen molar-refractivity contribution in [1.29, 1.82) is 0 Å². The molecule has 57 heavy (non-hydrogen) atoms. The monoisotopic (exact) mass is 822 g/mol. The van der Waals surface area contributed by atoms with Gasteiger partial charge in [0.15, 0.2) is 18.7 Å². The number of aliphatic hydroxyl groups is 2. The lowest BCUT2D eigenvalue weighted by Gasteiger charge is -2.47. The van der Waals surface area contributed by atoms with Crippen LogP contribution in [-0.4, -0.2) is 131 Å². The minimum atomic E-state index is -1.87. The Balaban J connectivity index is 1.93. The van der Waals surface area contributed by atoms with Gasteiger partial charge in [0.25, 0.3) is 5.91 Å². The molecule has 0 radical (unpaired) electrons. The number of cyclic esters (lactones) is 1. The molecule has 1 aromatic rings. The molecule has 3 saturated heterocycles. The van der Waals surface area contributed by atoms with Crippen LogP contribution >= 0.6 is 11.3 Å². The number of hydrogen-bond donors (Lipinski definition) is 3. The van der Waals surface area contributed by atoms with E-state index in [9.17, 15) is 29.4 Å². The number of amides is 2. The number of nitrogens with two attached hydrogens (primary N) is 1. The van der Waals surface area contributed by atoms with Crippen molar-refractivity contribution >= 4 is 46.3 Å². The standard InChI is InChI=1S/C40H62N4O12S/c1-12-30-40(9,50)35-22(4)31(42-25(7)45)20(2)16-39(8,52-18-26(17-51-35)43-53-19-27-13-14-29(57-27)36(41)48)34(23(5)32(46)24(6)37(49)55-30)56-38-33(47)28(44(10)11)15-21(3)54-38/h13-14,20-24,28,30,33-35,38,47,50H,12,15-19H2,1-11H3,(H2,41,48)/b42-31?,43-26-/t20-,21-,22+,23+,24-,28+,30-,33-,34-,35-,38+,39+,40-/m1/s1. The molecule has 4 N–H and O–H groups in total. The number of ketones is 1. The first-order chi connectivity index (χ1) is 26.6. The number of hydrogen-bond acceptors (Lipinski definition) is 15. The third-order valence-corrected chi connectivity index (χ3v) is 12.5. The average Bonchev–Trinajstić information content (AvgIpc) is 3.61. The summed E-state index contributed by atoms with van der Waals surface area (Å²) in [5.74, 6) is -6.00. The van der Waals surface area contributed by atoms with Crippen molar-refractivity contribution in [3.8, 4) is 0 Å². The molecule has 16 nitrogen and oxygen atoms in total. The van der Waals surface area contributed by atoms with Crippen molar-refractivity contribution in [2.24, 2.45) is 39.6 Å². The van der Waals surface area contributed by atoms with Crippen LogP contribution < -0.4 is 5.73 Å². The van der Waals surface area contributed by atoms with Crippen LogP contribution in [0.2, 0.25) is 0 Å². The van der Waals surface area contributed by atoms with Gasteiger partial charge in [-0.15, -0.1) is 11.3 Å². The van der Waals surface area contributed by atoms with Crippen LogP contribution in [0.5, 0.6) is 0 Å². The normalized spacial score (nSPS) is 38.9. The molecule has 2 amide bonds. The number of thiophene rings is 1. The summed E-state index contributed by atoms with van der Waals surface area (Å²) in [7, 11) is 3.71. The summed E-state index contributed by atoms with van der Waals surface area (Å²) in [5.41, 5.74) is 2.79. The maximum atomic E-state index is 14.4. The van der Waals surface area contributed by atoms with Gasteiger partial charge < -0.3 is 49.4 Å². The molecule has 3 aliphatic rings. The number of Topliss-reactive ketones (excluding diaryl/α,β-unsaturated/α-hetero) is 1. The molecule has 4 heterocycles. The summed E-state index contributed by atoms with van der Waals surface area (Å²) in [6, 6.07) is 2.97. The molecule has 0 saturated carbocycles. The number of aliphatic imine (C=N–C) groups is 1. The van der Waals surface area contributed by atoms with Crippen LogP contribution in [0.4, 0.5) is 0 Å². The van der Waals surface area contributed by atoms with Crippen molar-refractivity contribution < 1.29 is 57.9 Å². The topological polar surface area (TPSA) is 218 Å². The lowest BCUT2D eigenvalue weighted by atomic mass is 9.73. The summed E-state index contributed by atoms with van der Waals surface area (Å²) in [6.45, 7) is 14.5. The maximum absolute atomic E-state index is 14.4. The van der Waals surface area contributed by atoms with Gasteiger partial charge in [-0.3, -0.25) is 19.2 Å². The van der Waals surface area contributed by atoms with Crippen LogP contribution in [0.15, 0.2) is 22.3 Å². The number of carbonyl (C=O) groups excluding carboxylic acids is 4. The second-order valence-electron chi connectivity index (χ2n) is 16.4. The van der Waals surface area contributed by atoms with Gasteiger partial charge >= 0.3 is 5.97 Å². The van der Waals surface area contributed by atoms with E-state index >= 15 is 0 Å². The first-order valence-electron chi connectivity index (χ1n) is 19.6. The Morgan fingerprint density at radius 2 is 1.77 bits per heavy atom. The molecule has 320 valence electrons. The zero-order valence-corrected chi connectivity index (χ0v) is 35.9. The Hall–Kier alpha value is -3.16. The number of esters is 1. The van der Waals surface area contributed by atoms with Gasteiger partial charge in [-0.1, -0.05) is 32.9 Å². The average molecular weight is 823 g/mol. The molecule has 4 rings (SSSR count). The molecule has 3 fully saturated rings. The number of carbonyl (C=O) groups is 4. The highest BCUT2D eigenvalue weighted by atomic mass is 32.1. The summed E-state index contributed by atoms with van der Waals surface area (Å²) >= 11 is 1.17. The number of aliphatic hydroxyl groups excluding tert-OH is 1. The molecule has 0 aromatic carbocycles. The fraction of sp³-hybridized carbons (Fsp3) is 0.750. The second kappa shape index (κ2) is 19.3. The van der Waals surface area contributed by atoms with Crippen LogP contribution in [0.25, 0.3) is 0 Å². The minimum Gasteiger partial charge on any atom is -0.459 e. The molecular formula is C40H62N4O12S. The minimum absolute atomic E-state index is 0.00608. The van der Waals surface area contributed by atoms with Gasteiger partial charge in [0, 0.05) is 35.4 Å². The van der Waals surface area contributed by atoms with Crippen molar-refractivity contribution in [2.75, 3.05) is 27.3 Å². The van der Waals surface area contributed by atoms with Crippen molar-refractivity contribution in [2.45, 2.75) is 142 Å². The van der Waals surface area contributed by atoms with E-state index in [1.165, 1.54) is 32.1 Å². The Kier molecular flexibility index (Phi) is 15.7. The van der Waals surface area contributed by atoms with Crippen LogP contribution in [0.3, 0.4) is 0 Å². The van der Waals surface area contributed by atoms with E-state index < -0.39 is 89.1 Å². The Morgan fingerprint density at radius 1 is 1.09 bits per heavy atom. The number of oxime groups is 1. The third kappa shape index (κ3) is 10.9. The van der Waals surface area contributed by atoms with Crippen LogP contribution in [0.1, 0.15) is 96.1 Å². The van der Waals surface area contributed by atoms with E-state index in [1.807, 2.05) is 32.8 Å². The quantitative estimate of drug-likeness (QED) is 0.195. The van der Waals surface area contributed by atoms with Gasteiger partial charge in [-0.25, -0.2) is 4.99 Å². The lowest BCUT2D eigenvalue weighted by Crippen LogP contribution is -2.60. The smallest absolute Gasteiger partial charge is 0.316 e. The highest BCUT2D eigenvalue weighted by Gasteiger charge is 2.53. The Bertz CT molecular complexity index is 1660. The zero-order valence-electron chi connectivity index (χ0n) is 35.1. The fourth-order valence-electron chi connectivity index (χ4n) is 8.38. The largest absolute Gasteiger partial charge is 0.459 e. The number of nitrogens with zero attached hydrogens (tertiary/aromatic N) is 3. The second-order valence-corrected chi connectivity index (χ2v) is 17.6. The zero-order chi connectivity index (χ0) is 42.6. The van der Waals surface area contributed by atoms with Crippen molar-refractivity contribution in [3.63, 3.8) is 0 Å². The lowest BCUT2D eigenvalue weighted by molar-refractivity contribution is -0.296. The molecule has 0 spiro atoms. The summed E-state index contributed by atoms with van der Waals surface area (Å²) in [4.78, 5) is 65.9. The highest BCUT2D eigenvalue weighted by molar-refractivity contribution is 7.14. The Morgan fingerprint density at radius 3 is 2.37 bits per heavy atom. The van der Waals surface area contributed by atoms with Crippen molar-refractivity contribution in [3.05, 3.63) is 21.9 Å². The summed E-state index contributed by atoms with van der Waals surface area (Å²) in [6.07, 6.45) is -5.26. The Labute approximate surface area is 339 Å². The SMILES string of the molecule is CC[C@H]1OC(=O)[C@H](C)C(=O)[C@H](C)[C@@H](O[C@@H]2O[C@H](C)C[C@H](N(C)C)[C@H]2O)[C@]2(C)C[C@@H](C)C(=NC(C)=O)[C@H](C)[C@@H](OC/C(=N/OCc3ccc(C(N)=O)s3)CO2)[C@]1(C)O. The maximum Gasteiger partial charge on any atom is 0.316 e. The van der Waals surface area contributed by atoms with Crippen LogP contribution in [0, 0.1) is 23.7 Å². The first kappa shape index (κ1) is 46.5. The van der Waals surface area contributed by atoms with E-state index in [0.717, 1.165) is 0 Å². The van der Waals surface area contributed by atoms with Gasteiger partial charge in [-0.2, -0.15) is 0 Å². The van der Waals surface area contributed by atoms with Crippen molar-refractivity contribution in [1.82, 2.24) is 4.90 Å². The third-order valence-electron chi connectivity index (χ3n) is 11.4. The summed E-state index contributed by atoms with van der Waals surface area (Å²) in [5, 5.41) is 28.4.